The van der Waals surface area contributed by atoms with E-state index >= 15 is 0 Å². The van der Waals surface area contributed by atoms with Gasteiger partial charge in [-0.15, -0.1) is 0 Å². The normalized spacial score (nSPS) is 11.6. The van der Waals surface area contributed by atoms with E-state index in [4.69, 9.17) is 0 Å². The molecular formula is C15H20N4O2S. The number of aromatic nitrogens is 2. The summed E-state index contributed by atoms with van der Waals surface area (Å²) in [4.78, 5) is 8.67. The third kappa shape index (κ3) is 3.61. The zero-order chi connectivity index (χ0) is 16.2. The van der Waals surface area contributed by atoms with Crippen LogP contribution in [0.4, 0.5) is 11.6 Å². The summed E-state index contributed by atoms with van der Waals surface area (Å²) in [6.07, 6.45) is 1.37. The molecule has 1 N–H and O–H groups in total. The molecule has 0 aliphatic rings. The first-order valence-corrected chi connectivity index (χ1v) is 8.58. The molecule has 6 nitrogen and oxygen atoms in total. The Hall–Kier alpha value is -1.99. The predicted molar refractivity (Wildman–Crippen MR) is 86.6 cm³/mol. The van der Waals surface area contributed by atoms with E-state index in [-0.39, 0.29) is 4.90 Å². The minimum Gasteiger partial charge on any atom is -0.325 e. The summed E-state index contributed by atoms with van der Waals surface area (Å²) in [5.74, 6) is 1.23. The third-order valence-electron chi connectivity index (χ3n) is 3.22. The summed E-state index contributed by atoms with van der Waals surface area (Å²) in [6, 6.07) is 8.82. The highest BCUT2D eigenvalue weighted by molar-refractivity contribution is 7.89. The van der Waals surface area contributed by atoms with Gasteiger partial charge >= 0.3 is 0 Å². The van der Waals surface area contributed by atoms with Crippen molar-refractivity contribution < 1.29 is 8.42 Å². The molecule has 0 unspecified atom stereocenters. The second-order valence-corrected chi connectivity index (χ2v) is 6.70. The van der Waals surface area contributed by atoms with Gasteiger partial charge in [0.2, 0.25) is 10.0 Å². The SMILES string of the molecule is CCN(CC)S(=O)(=O)c1ccc(Nc2cccc(C)n2)nc1. The number of sulfonamides is 1. The van der Waals surface area contributed by atoms with Gasteiger partial charge in [-0.3, -0.25) is 0 Å². The van der Waals surface area contributed by atoms with Gasteiger partial charge in [-0.05, 0) is 31.2 Å². The third-order valence-corrected chi connectivity index (χ3v) is 5.26. The maximum absolute atomic E-state index is 12.4. The Morgan fingerprint density at radius 1 is 1.09 bits per heavy atom. The first kappa shape index (κ1) is 16.4. The second kappa shape index (κ2) is 6.85. The smallest absolute Gasteiger partial charge is 0.244 e. The van der Waals surface area contributed by atoms with Crippen molar-refractivity contribution in [2.45, 2.75) is 25.7 Å². The van der Waals surface area contributed by atoms with E-state index < -0.39 is 10.0 Å². The van der Waals surface area contributed by atoms with Gasteiger partial charge in [-0.2, -0.15) is 4.31 Å². The molecule has 0 fully saturated rings. The predicted octanol–water partition coefficient (Wildman–Crippen LogP) is 2.56. The molecule has 0 saturated heterocycles. The summed E-state index contributed by atoms with van der Waals surface area (Å²) in [7, 11) is -3.47. The standard InChI is InChI=1S/C15H20N4O2S/c1-4-19(5-2)22(20,21)13-9-10-14(16-11-13)18-15-8-6-7-12(3)17-15/h6-11H,4-5H2,1-3H3,(H,16,17,18). The average molecular weight is 320 g/mol. The Morgan fingerprint density at radius 2 is 1.82 bits per heavy atom. The molecule has 2 rings (SSSR count). The minimum atomic E-state index is -3.47. The molecule has 2 aromatic rings. The van der Waals surface area contributed by atoms with Crippen LogP contribution < -0.4 is 5.32 Å². The number of aryl methyl sites for hydroxylation is 1. The van der Waals surface area contributed by atoms with Crippen molar-refractivity contribution in [1.29, 1.82) is 0 Å². The van der Waals surface area contributed by atoms with E-state index in [1.807, 2.05) is 39.0 Å². The number of nitrogens with zero attached hydrogens (tertiary/aromatic N) is 3. The Morgan fingerprint density at radius 3 is 2.36 bits per heavy atom. The number of rotatable bonds is 6. The fourth-order valence-electron chi connectivity index (χ4n) is 2.06. The van der Waals surface area contributed by atoms with Crippen LogP contribution >= 0.6 is 0 Å². The number of hydrogen-bond donors (Lipinski definition) is 1. The lowest BCUT2D eigenvalue weighted by atomic mass is 10.3. The van der Waals surface area contributed by atoms with E-state index in [0.29, 0.717) is 24.7 Å². The Balaban J connectivity index is 2.20. The highest BCUT2D eigenvalue weighted by atomic mass is 32.2. The van der Waals surface area contributed by atoms with Crippen molar-refractivity contribution in [3.05, 3.63) is 42.2 Å². The van der Waals surface area contributed by atoms with Crippen molar-refractivity contribution in [2.75, 3.05) is 18.4 Å². The highest BCUT2D eigenvalue weighted by Crippen LogP contribution is 2.18. The summed E-state index contributed by atoms with van der Waals surface area (Å²) < 4.78 is 26.1. The Labute approximate surface area is 131 Å². The van der Waals surface area contributed by atoms with E-state index in [0.717, 1.165) is 5.69 Å². The largest absolute Gasteiger partial charge is 0.325 e. The molecule has 0 spiro atoms. The molecule has 0 atom stereocenters. The Kier molecular flexibility index (Phi) is 5.10. The topological polar surface area (TPSA) is 75.2 Å². The van der Waals surface area contributed by atoms with Gasteiger partial charge in [0.1, 0.15) is 16.5 Å². The van der Waals surface area contributed by atoms with Crippen molar-refractivity contribution in [3.63, 3.8) is 0 Å². The summed E-state index contributed by atoms with van der Waals surface area (Å²) in [5.41, 5.74) is 0.894. The van der Waals surface area contributed by atoms with Crippen molar-refractivity contribution >= 4 is 21.7 Å². The number of pyridine rings is 2. The van der Waals surface area contributed by atoms with E-state index in [2.05, 4.69) is 15.3 Å². The molecule has 0 amide bonds. The van der Waals surface area contributed by atoms with Gasteiger partial charge < -0.3 is 5.32 Å². The van der Waals surface area contributed by atoms with Gasteiger partial charge in [-0.1, -0.05) is 19.9 Å². The van der Waals surface area contributed by atoms with Gasteiger partial charge in [0, 0.05) is 25.0 Å². The first-order valence-electron chi connectivity index (χ1n) is 7.14. The molecule has 0 aliphatic heterocycles. The van der Waals surface area contributed by atoms with Crippen LogP contribution in [0, 0.1) is 6.92 Å². The zero-order valence-corrected chi connectivity index (χ0v) is 13.8. The molecule has 0 aliphatic carbocycles. The summed E-state index contributed by atoms with van der Waals surface area (Å²) in [6.45, 7) is 6.40. The van der Waals surface area contributed by atoms with Crippen molar-refractivity contribution in [3.8, 4) is 0 Å². The van der Waals surface area contributed by atoms with Crippen LogP contribution in [0.2, 0.25) is 0 Å². The van der Waals surface area contributed by atoms with Gasteiger partial charge in [-0.25, -0.2) is 18.4 Å². The van der Waals surface area contributed by atoms with Crippen molar-refractivity contribution in [1.82, 2.24) is 14.3 Å². The lowest BCUT2D eigenvalue weighted by Crippen LogP contribution is -2.30. The lowest BCUT2D eigenvalue weighted by Gasteiger charge is -2.18. The average Bonchev–Trinajstić information content (AvgIpc) is 2.49. The minimum absolute atomic E-state index is 0.193. The van der Waals surface area contributed by atoms with Crippen LogP contribution in [0.25, 0.3) is 0 Å². The van der Waals surface area contributed by atoms with Crippen molar-refractivity contribution in [2.24, 2.45) is 0 Å². The lowest BCUT2D eigenvalue weighted by molar-refractivity contribution is 0.445. The van der Waals surface area contributed by atoms with Crippen LogP contribution in [0.1, 0.15) is 19.5 Å². The monoisotopic (exact) mass is 320 g/mol. The zero-order valence-electron chi connectivity index (χ0n) is 12.9. The second-order valence-electron chi connectivity index (χ2n) is 4.76. The van der Waals surface area contributed by atoms with E-state index in [9.17, 15) is 8.42 Å². The molecule has 0 bridgehead atoms. The molecule has 2 heterocycles. The molecule has 7 heteroatoms. The molecular weight excluding hydrogens is 300 g/mol. The Bertz CT molecular complexity index is 725. The van der Waals surface area contributed by atoms with E-state index in [1.165, 1.54) is 10.5 Å². The maximum Gasteiger partial charge on any atom is 0.244 e. The van der Waals surface area contributed by atoms with Gasteiger partial charge in [0.05, 0.1) is 0 Å². The first-order chi connectivity index (χ1) is 10.5. The van der Waals surface area contributed by atoms with Gasteiger partial charge in [0.25, 0.3) is 0 Å². The number of nitrogens with one attached hydrogen (secondary N) is 1. The fraction of sp³-hybridized carbons (Fsp3) is 0.333. The van der Waals surface area contributed by atoms with Crippen LogP contribution in [0.15, 0.2) is 41.4 Å². The molecule has 0 saturated carbocycles. The van der Waals surface area contributed by atoms with Gasteiger partial charge in [0.15, 0.2) is 0 Å². The van der Waals surface area contributed by atoms with Crippen LogP contribution in [0.3, 0.4) is 0 Å². The number of anilines is 2. The molecule has 0 radical (unpaired) electrons. The molecule has 0 aromatic carbocycles. The summed E-state index contributed by atoms with van der Waals surface area (Å²) >= 11 is 0. The molecule has 2 aromatic heterocycles. The van der Waals surface area contributed by atoms with Crippen LogP contribution in [0.5, 0.6) is 0 Å². The fourth-order valence-corrected chi connectivity index (χ4v) is 3.47. The maximum atomic E-state index is 12.4. The quantitative estimate of drug-likeness (QED) is 0.885. The number of hydrogen-bond acceptors (Lipinski definition) is 5. The molecule has 22 heavy (non-hydrogen) atoms. The van der Waals surface area contributed by atoms with Crippen LogP contribution in [-0.4, -0.2) is 35.8 Å². The van der Waals surface area contributed by atoms with E-state index in [1.54, 1.807) is 12.1 Å². The highest BCUT2D eigenvalue weighted by Gasteiger charge is 2.21. The molecule has 118 valence electrons. The van der Waals surface area contributed by atoms with Crippen LogP contribution in [-0.2, 0) is 10.0 Å². The summed E-state index contributed by atoms with van der Waals surface area (Å²) in [5, 5.41) is 3.05.